The highest BCUT2D eigenvalue weighted by molar-refractivity contribution is 7.80. The molecule has 0 radical (unpaired) electrons. The van der Waals surface area contributed by atoms with Crippen LogP contribution < -0.4 is 4.74 Å². The lowest BCUT2D eigenvalue weighted by Crippen LogP contribution is -2.26. The maximum Gasteiger partial charge on any atom is 0.460 e. The molecular formula is C10H7F3O3S. The van der Waals surface area contributed by atoms with Gasteiger partial charge < -0.3 is 9.84 Å². The molecule has 0 aromatic heterocycles. The molecule has 7 heteroatoms. The van der Waals surface area contributed by atoms with Crippen molar-refractivity contribution in [3.63, 3.8) is 0 Å². The van der Waals surface area contributed by atoms with Gasteiger partial charge in [0, 0.05) is 0 Å². The van der Waals surface area contributed by atoms with E-state index >= 15 is 0 Å². The van der Waals surface area contributed by atoms with Crippen LogP contribution in [0.5, 0.6) is 5.75 Å². The Bertz CT molecular complexity index is 425. The van der Waals surface area contributed by atoms with E-state index in [1.807, 2.05) is 0 Å². The van der Waals surface area contributed by atoms with Gasteiger partial charge in [-0.3, -0.25) is 4.79 Å². The van der Waals surface area contributed by atoms with Crippen molar-refractivity contribution in [2.75, 3.05) is 0 Å². The summed E-state index contributed by atoms with van der Waals surface area (Å²) in [4.78, 5) is 10.4. The summed E-state index contributed by atoms with van der Waals surface area (Å²) in [5.74, 6) is -1.11. The molecule has 0 fully saturated rings. The summed E-state index contributed by atoms with van der Waals surface area (Å²) in [7, 11) is 0. The Balaban J connectivity index is 2.69. The molecule has 0 aliphatic heterocycles. The number of ether oxygens (including phenoxy) is 1. The number of alkyl halides is 3. The predicted molar refractivity (Wildman–Crippen MR) is 57.1 cm³/mol. The number of hydrogen-bond donors (Lipinski definition) is 1. The Morgan fingerprint density at radius 1 is 1.29 bits per heavy atom. The lowest BCUT2D eigenvalue weighted by atomic mass is 10.1. The molecule has 1 aromatic carbocycles. The van der Waals surface area contributed by atoms with Gasteiger partial charge in [0.2, 0.25) is 0 Å². The highest BCUT2D eigenvalue weighted by Crippen LogP contribution is 2.21. The minimum Gasteiger partial charge on any atom is -0.481 e. The molecule has 0 spiro atoms. The number of carboxylic acids is 1. The van der Waals surface area contributed by atoms with Crippen molar-refractivity contribution in [2.45, 2.75) is 12.6 Å². The van der Waals surface area contributed by atoms with Gasteiger partial charge in [0.15, 0.2) is 0 Å². The molecular weight excluding hydrogens is 257 g/mol. The van der Waals surface area contributed by atoms with Crippen LogP contribution in [0.1, 0.15) is 5.56 Å². The molecule has 1 N–H and O–H groups in total. The van der Waals surface area contributed by atoms with Crippen LogP contribution in [0.25, 0.3) is 0 Å². The largest absolute Gasteiger partial charge is 0.481 e. The fraction of sp³-hybridized carbons (Fsp3) is 0.200. The van der Waals surface area contributed by atoms with Crippen molar-refractivity contribution in [2.24, 2.45) is 0 Å². The standard InChI is InChI=1S/C10H7F3O3S/c11-10(12,13)9(17)16-7-3-1-6(2-4-7)5-8(14)15/h1-4H,5H2,(H,14,15). The SMILES string of the molecule is O=C(O)Cc1ccc(OC(=S)C(F)(F)F)cc1. The number of thiocarbonyl (C=S) groups is 1. The van der Waals surface area contributed by atoms with Crippen LogP contribution in [0.2, 0.25) is 0 Å². The Morgan fingerprint density at radius 3 is 2.24 bits per heavy atom. The molecule has 0 aliphatic carbocycles. The molecule has 0 unspecified atom stereocenters. The smallest absolute Gasteiger partial charge is 0.460 e. The Labute approximate surface area is 99.8 Å². The maximum absolute atomic E-state index is 12.0. The normalized spacial score (nSPS) is 11.0. The first-order chi connectivity index (χ1) is 7.79. The number of carbonyl (C=O) groups is 1. The highest BCUT2D eigenvalue weighted by atomic mass is 32.1. The van der Waals surface area contributed by atoms with Crippen molar-refractivity contribution in [3.05, 3.63) is 29.8 Å². The van der Waals surface area contributed by atoms with Crippen molar-refractivity contribution >= 4 is 23.2 Å². The molecule has 0 heterocycles. The lowest BCUT2D eigenvalue weighted by Gasteiger charge is -2.09. The molecule has 17 heavy (non-hydrogen) atoms. The molecule has 92 valence electrons. The first-order valence-electron chi connectivity index (χ1n) is 4.39. The summed E-state index contributed by atoms with van der Waals surface area (Å²) < 4.78 is 40.5. The molecule has 0 aliphatic rings. The van der Waals surface area contributed by atoms with Gasteiger partial charge in [-0.15, -0.1) is 0 Å². The van der Waals surface area contributed by atoms with Crippen LogP contribution in [0.15, 0.2) is 24.3 Å². The second-order valence-corrected chi connectivity index (χ2v) is 3.47. The third-order valence-electron chi connectivity index (χ3n) is 1.72. The minimum atomic E-state index is -4.69. The summed E-state index contributed by atoms with van der Waals surface area (Å²) in [6.45, 7) is 0. The van der Waals surface area contributed by atoms with E-state index in [1.165, 1.54) is 24.3 Å². The van der Waals surface area contributed by atoms with Gasteiger partial charge in [0.1, 0.15) is 5.75 Å². The monoisotopic (exact) mass is 264 g/mol. The summed E-state index contributed by atoms with van der Waals surface area (Å²) >= 11 is 4.03. The van der Waals surface area contributed by atoms with Crippen molar-refractivity contribution in [3.8, 4) is 5.75 Å². The number of carboxylic acid groups (broad SMARTS) is 1. The van der Waals surface area contributed by atoms with E-state index in [1.54, 1.807) is 0 Å². The fourth-order valence-electron chi connectivity index (χ4n) is 1.01. The van der Waals surface area contributed by atoms with Crippen LogP contribution in [0.4, 0.5) is 13.2 Å². The number of benzene rings is 1. The Morgan fingerprint density at radius 2 is 1.82 bits per heavy atom. The van der Waals surface area contributed by atoms with Crippen molar-refractivity contribution in [1.82, 2.24) is 0 Å². The number of rotatable bonds is 3. The molecule has 0 saturated carbocycles. The quantitative estimate of drug-likeness (QED) is 0.852. The Kier molecular flexibility index (Phi) is 4.06. The van der Waals surface area contributed by atoms with Gasteiger partial charge in [-0.1, -0.05) is 12.1 Å². The number of halogens is 3. The average molecular weight is 264 g/mol. The van der Waals surface area contributed by atoms with Crippen molar-refractivity contribution < 1.29 is 27.8 Å². The molecule has 3 nitrogen and oxygen atoms in total. The fourth-order valence-corrected chi connectivity index (χ4v) is 1.11. The molecule has 1 aromatic rings. The zero-order valence-electron chi connectivity index (χ0n) is 8.32. The first-order valence-corrected chi connectivity index (χ1v) is 4.79. The summed E-state index contributed by atoms with van der Waals surface area (Å²) in [5.41, 5.74) is 0.461. The van der Waals surface area contributed by atoms with Gasteiger partial charge in [0.25, 0.3) is 5.05 Å². The van der Waals surface area contributed by atoms with Gasteiger partial charge in [-0.05, 0) is 29.9 Å². The van der Waals surface area contributed by atoms with E-state index in [9.17, 15) is 18.0 Å². The van der Waals surface area contributed by atoms with Crippen LogP contribution >= 0.6 is 12.2 Å². The molecule has 1 rings (SSSR count). The third-order valence-corrected chi connectivity index (χ3v) is 2.04. The average Bonchev–Trinajstić information content (AvgIpc) is 2.18. The van der Waals surface area contributed by atoms with Crippen LogP contribution in [-0.2, 0) is 11.2 Å². The first kappa shape index (κ1) is 13.4. The van der Waals surface area contributed by atoms with Crippen LogP contribution in [0, 0.1) is 0 Å². The number of aliphatic carboxylic acids is 1. The maximum atomic E-state index is 12.0. The van der Waals surface area contributed by atoms with E-state index in [4.69, 9.17) is 5.11 Å². The predicted octanol–water partition coefficient (Wildman–Crippen LogP) is 2.58. The van der Waals surface area contributed by atoms with Crippen LogP contribution in [-0.4, -0.2) is 22.3 Å². The summed E-state index contributed by atoms with van der Waals surface area (Å²) in [6.07, 6.45) is -4.89. The van der Waals surface area contributed by atoms with Crippen LogP contribution in [0.3, 0.4) is 0 Å². The summed E-state index contributed by atoms with van der Waals surface area (Å²) in [6, 6.07) is 5.19. The molecule has 0 atom stereocenters. The van der Waals surface area contributed by atoms with Gasteiger partial charge in [-0.2, -0.15) is 13.2 Å². The Hall–Kier alpha value is -1.63. The lowest BCUT2D eigenvalue weighted by molar-refractivity contribution is -0.136. The molecule has 0 saturated heterocycles. The highest BCUT2D eigenvalue weighted by Gasteiger charge is 2.36. The van der Waals surface area contributed by atoms with E-state index in [0.29, 0.717) is 5.56 Å². The second kappa shape index (κ2) is 5.13. The van der Waals surface area contributed by atoms with E-state index in [0.717, 1.165) is 0 Å². The molecule has 0 amide bonds. The van der Waals surface area contributed by atoms with Gasteiger partial charge in [-0.25, -0.2) is 0 Å². The van der Waals surface area contributed by atoms with E-state index in [-0.39, 0.29) is 12.2 Å². The zero-order valence-corrected chi connectivity index (χ0v) is 9.14. The summed E-state index contributed by atoms with van der Waals surface area (Å²) in [5, 5.41) is 7.00. The zero-order chi connectivity index (χ0) is 13.1. The van der Waals surface area contributed by atoms with E-state index < -0.39 is 17.2 Å². The number of hydrogen-bond acceptors (Lipinski definition) is 3. The minimum absolute atomic E-state index is 0.0820. The van der Waals surface area contributed by atoms with Gasteiger partial charge in [0.05, 0.1) is 6.42 Å². The van der Waals surface area contributed by atoms with Gasteiger partial charge >= 0.3 is 12.1 Å². The molecule has 0 bridgehead atoms. The second-order valence-electron chi connectivity index (χ2n) is 3.10. The van der Waals surface area contributed by atoms with Crippen molar-refractivity contribution in [1.29, 1.82) is 0 Å². The topological polar surface area (TPSA) is 46.5 Å². The third kappa shape index (κ3) is 4.39. The van der Waals surface area contributed by atoms with E-state index in [2.05, 4.69) is 17.0 Å².